The Morgan fingerprint density at radius 3 is 2.77 bits per heavy atom. The molecule has 2 heterocycles. The van der Waals surface area contributed by atoms with Crippen molar-refractivity contribution in [3.63, 3.8) is 0 Å². The van der Waals surface area contributed by atoms with Crippen LogP contribution in [0, 0.1) is 18.3 Å². The van der Waals surface area contributed by atoms with E-state index < -0.39 is 5.60 Å². The quantitative estimate of drug-likeness (QED) is 0.667. The zero-order chi connectivity index (χ0) is 25.2. The molecule has 4 rings (SSSR count). The van der Waals surface area contributed by atoms with Crippen LogP contribution in [0.25, 0.3) is 0 Å². The van der Waals surface area contributed by atoms with Crippen molar-refractivity contribution < 1.29 is 14.3 Å². The van der Waals surface area contributed by atoms with Crippen LogP contribution in [-0.4, -0.2) is 59.5 Å². The maximum Gasteiger partial charge on any atom is 0.255 e. The van der Waals surface area contributed by atoms with Gasteiger partial charge in [0.25, 0.3) is 11.8 Å². The van der Waals surface area contributed by atoms with Crippen molar-refractivity contribution in [2.45, 2.75) is 51.8 Å². The molecular formula is C27H31ClN4O3. The standard InChI is InChI=1S/C27H31ClN4O3/c1-18-16-31(9-10-32(18)26(34)27(3)8-5-11-35-27)17-22-13-23(28)14-24(19(22)2)30-25(33)21-7-4-6-20(12-21)15-29/h4,6-7,12-14,18H,5,8-11,16-17H2,1-3H3,(H,30,33)/t18-,27-/m0/s1. The van der Waals surface area contributed by atoms with E-state index in [2.05, 4.69) is 23.2 Å². The maximum absolute atomic E-state index is 13.1. The van der Waals surface area contributed by atoms with Crippen LogP contribution in [0.4, 0.5) is 5.69 Å². The summed E-state index contributed by atoms with van der Waals surface area (Å²) in [5.74, 6) is -0.201. The third-order valence-electron chi connectivity index (χ3n) is 7.02. The molecule has 0 unspecified atom stereocenters. The number of carbonyl (C=O) groups excluding carboxylic acids is 2. The van der Waals surface area contributed by atoms with Crippen molar-refractivity contribution in [1.29, 1.82) is 5.26 Å². The molecule has 2 atom stereocenters. The highest BCUT2D eigenvalue weighted by Gasteiger charge is 2.43. The molecule has 7 nitrogen and oxygen atoms in total. The van der Waals surface area contributed by atoms with Crippen molar-refractivity contribution in [2.24, 2.45) is 0 Å². The van der Waals surface area contributed by atoms with Gasteiger partial charge >= 0.3 is 0 Å². The minimum atomic E-state index is -0.695. The zero-order valence-corrected chi connectivity index (χ0v) is 21.2. The SMILES string of the molecule is Cc1c(CN2CCN(C(=O)[C@]3(C)CCCO3)[C@@H](C)C2)cc(Cl)cc1NC(=O)c1cccc(C#N)c1. The number of carbonyl (C=O) groups is 2. The van der Waals surface area contributed by atoms with Gasteiger partial charge in [0.2, 0.25) is 0 Å². The lowest BCUT2D eigenvalue weighted by Crippen LogP contribution is -2.58. The van der Waals surface area contributed by atoms with Gasteiger partial charge in [0.1, 0.15) is 5.60 Å². The van der Waals surface area contributed by atoms with Gasteiger partial charge in [-0.05, 0) is 75.1 Å². The number of ether oxygens (including phenoxy) is 1. The molecule has 2 saturated heterocycles. The Morgan fingerprint density at radius 2 is 2.09 bits per heavy atom. The van der Waals surface area contributed by atoms with E-state index in [9.17, 15) is 9.59 Å². The van der Waals surface area contributed by atoms with E-state index in [-0.39, 0.29) is 17.9 Å². The van der Waals surface area contributed by atoms with Crippen LogP contribution in [0.5, 0.6) is 0 Å². The smallest absolute Gasteiger partial charge is 0.255 e. The predicted molar refractivity (Wildman–Crippen MR) is 135 cm³/mol. The lowest BCUT2D eigenvalue weighted by molar-refractivity contribution is -0.155. The highest BCUT2D eigenvalue weighted by molar-refractivity contribution is 6.31. The molecule has 2 fully saturated rings. The second kappa shape index (κ2) is 10.4. The third-order valence-corrected chi connectivity index (χ3v) is 7.24. The molecule has 2 aromatic rings. The van der Waals surface area contributed by atoms with Crippen LogP contribution in [-0.2, 0) is 16.1 Å². The first-order valence-electron chi connectivity index (χ1n) is 12.0. The van der Waals surface area contributed by atoms with E-state index in [1.165, 1.54) is 0 Å². The van der Waals surface area contributed by atoms with Crippen LogP contribution in [0.1, 0.15) is 53.7 Å². The van der Waals surface area contributed by atoms with Crippen LogP contribution in [0.2, 0.25) is 5.02 Å². The predicted octanol–water partition coefficient (Wildman–Crippen LogP) is 4.37. The van der Waals surface area contributed by atoms with E-state index in [0.29, 0.717) is 41.5 Å². The van der Waals surface area contributed by atoms with Gasteiger partial charge < -0.3 is 15.0 Å². The summed E-state index contributed by atoms with van der Waals surface area (Å²) in [6.45, 7) is 9.41. The number of rotatable bonds is 5. The summed E-state index contributed by atoms with van der Waals surface area (Å²) in [5, 5.41) is 12.6. The molecule has 184 valence electrons. The van der Waals surface area contributed by atoms with Gasteiger partial charge in [0.05, 0.1) is 11.6 Å². The fourth-order valence-corrected chi connectivity index (χ4v) is 5.17. The molecule has 0 aliphatic carbocycles. The number of hydrogen-bond donors (Lipinski definition) is 1. The van der Waals surface area contributed by atoms with E-state index >= 15 is 0 Å². The first-order valence-corrected chi connectivity index (χ1v) is 12.4. The van der Waals surface area contributed by atoms with Crippen LogP contribution in [0.15, 0.2) is 36.4 Å². The van der Waals surface area contributed by atoms with Gasteiger partial charge in [-0.15, -0.1) is 0 Å². The molecule has 1 N–H and O–H groups in total. The minimum absolute atomic E-state index is 0.0725. The summed E-state index contributed by atoms with van der Waals surface area (Å²) < 4.78 is 5.78. The normalized spacial score (nSPS) is 22.6. The second-order valence-corrected chi connectivity index (χ2v) is 10.1. The topological polar surface area (TPSA) is 85.7 Å². The number of nitriles is 1. The average molecular weight is 495 g/mol. The Morgan fingerprint density at radius 1 is 1.29 bits per heavy atom. The molecule has 35 heavy (non-hydrogen) atoms. The summed E-state index contributed by atoms with van der Waals surface area (Å²) in [4.78, 5) is 30.2. The van der Waals surface area contributed by atoms with Gasteiger partial charge in [0, 0.05) is 55.1 Å². The first kappa shape index (κ1) is 25.2. The van der Waals surface area contributed by atoms with Crippen LogP contribution >= 0.6 is 11.6 Å². The Kier molecular flexibility index (Phi) is 7.46. The number of anilines is 1. The fourth-order valence-electron chi connectivity index (χ4n) is 4.92. The highest BCUT2D eigenvalue weighted by atomic mass is 35.5. The molecule has 0 spiro atoms. The molecule has 0 aromatic heterocycles. The van der Waals surface area contributed by atoms with Gasteiger partial charge in [0.15, 0.2) is 0 Å². The van der Waals surface area contributed by atoms with E-state index in [4.69, 9.17) is 21.6 Å². The second-order valence-electron chi connectivity index (χ2n) is 9.65. The van der Waals surface area contributed by atoms with E-state index in [0.717, 1.165) is 37.1 Å². The van der Waals surface area contributed by atoms with Crippen molar-refractivity contribution in [3.8, 4) is 6.07 Å². The summed E-state index contributed by atoms with van der Waals surface area (Å²) in [6, 6.07) is 12.4. The van der Waals surface area contributed by atoms with Gasteiger partial charge in [-0.2, -0.15) is 5.26 Å². The summed E-state index contributed by atoms with van der Waals surface area (Å²) in [7, 11) is 0. The monoisotopic (exact) mass is 494 g/mol. The Labute approximate surface area is 211 Å². The lowest BCUT2D eigenvalue weighted by Gasteiger charge is -2.42. The molecule has 2 aromatic carbocycles. The summed E-state index contributed by atoms with van der Waals surface area (Å²) >= 11 is 6.42. The van der Waals surface area contributed by atoms with Gasteiger partial charge in [-0.3, -0.25) is 14.5 Å². The third kappa shape index (κ3) is 5.51. The van der Waals surface area contributed by atoms with Crippen LogP contribution < -0.4 is 5.32 Å². The maximum atomic E-state index is 13.1. The van der Waals surface area contributed by atoms with Crippen LogP contribution in [0.3, 0.4) is 0 Å². The van der Waals surface area contributed by atoms with Gasteiger partial charge in [-0.1, -0.05) is 17.7 Å². The molecule has 0 saturated carbocycles. The Balaban J connectivity index is 1.44. The summed E-state index contributed by atoms with van der Waals surface area (Å²) in [5.41, 5.74) is 2.77. The van der Waals surface area contributed by atoms with E-state index in [1.807, 2.05) is 24.8 Å². The number of piperazine rings is 1. The average Bonchev–Trinajstić information content (AvgIpc) is 3.29. The van der Waals surface area contributed by atoms with Crippen molar-refractivity contribution >= 4 is 29.1 Å². The number of halogens is 1. The number of nitrogens with zero attached hydrogens (tertiary/aromatic N) is 3. The molecule has 2 aliphatic rings. The van der Waals surface area contributed by atoms with E-state index in [1.54, 1.807) is 30.3 Å². The number of nitrogens with one attached hydrogen (secondary N) is 1. The number of hydrogen-bond acceptors (Lipinski definition) is 5. The molecule has 2 aliphatic heterocycles. The minimum Gasteiger partial charge on any atom is -0.365 e. The number of amides is 2. The van der Waals surface area contributed by atoms with Crippen molar-refractivity contribution in [3.05, 3.63) is 63.7 Å². The fraction of sp³-hybridized carbons (Fsp3) is 0.444. The highest BCUT2D eigenvalue weighted by Crippen LogP contribution is 2.30. The largest absolute Gasteiger partial charge is 0.365 e. The molecular weight excluding hydrogens is 464 g/mol. The number of benzene rings is 2. The molecule has 0 bridgehead atoms. The van der Waals surface area contributed by atoms with Crippen molar-refractivity contribution in [1.82, 2.24) is 9.80 Å². The Hall–Kier alpha value is -2.92. The lowest BCUT2D eigenvalue weighted by atomic mass is 9.99. The molecule has 0 radical (unpaired) electrons. The molecule has 2 amide bonds. The zero-order valence-electron chi connectivity index (χ0n) is 20.4. The van der Waals surface area contributed by atoms with Crippen molar-refractivity contribution in [2.75, 3.05) is 31.6 Å². The summed E-state index contributed by atoms with van der Waals surface area (Å²) in [6.07, 6.45) is 1.70. The Bertz CT molecular complexity index is 1170. The van der Waals surface area contributed by atoms with Gasteiger partial charge in [-0.25, -0.2) is 0 Å². The molecule has 8 heteroatoms. The first-order chi connectivity index (χ1) is 16.7.